The first kappa shape index (κ1) is 13.1. The maximum absolute atomic E-state index is 3.62. The fraction of sp³-hybridized carbons (Fsp3) is 0.500. The molecule has 2 nitrogen and oxygen atoms in total. The number of nitrogens with one attached hydrogen (secondary N) is 1. The van der Waals surface area contributed by atoms with Crippen molar-refractivity contribution < 1.29 is 0 Å². The number of aromatic amines is 1. The van der Waals surface area contributed by atoms with Crippen molar-refractivity contribution in [2.75, 3.05) is 19.3 Å². The summed E-state index contributed by atoms with van der Waals surface area (Å²) < 4.78 is 0. The Bertz CT molecular complexity index is 588. The summed E-state index contributed by atoms with van der Waals surface area (Å²) in [5.41, 5.74) is 4.39. The van der Waals surface area contributed by atoms with Crippen molar-refractivity contribution in [3.05, 3.63) is 29.3 Å². The zero-order chi connectivity index (χ0) is 13.4. The van der Waals surface area contributed by atoms with E-state index in [4.69, 9.17) is 0 Å². The van der Waals surface area contributed by atoms with E-state index in [0.29, 0.717) is 6.04 Å². The summed E-state index contributed by atoms with van der Waals surface area (Å²) in [4.78, 5) is 6.10. The minimum absolute atomic E-state index is 0.648. The average Bonchev–Trinajstić information content (AvgIpc) is 2.78. The summed E-state index contributed by atoms with van der Waals surface area (Å²) in [7, 11) is 2.25. The van der Waals surface area contributed by atoms with Crippen molar-refractivity contribution in [3.63, 3.8) is 0 Å². The van der Waals surface area contributed by atoms with E-state index >= 15 is 0 Å². The van der Waals surface area contributed by atoms with E-state index in [1.165, 1.54) is 34.3 Å². The number of benzene rings is 1. The van der Waals surface area contributed by atoms with Crippen molar-refractivity contribution >= 4 is 22.7 Å². The SMILES string of the molecule is CCSc1[nH]c2cccc3c2c1CC(N(C)CC)C3. The second-order valence-corrected chi connectivity index (χ2v) is 6.61. The highest BCUT2D eigenvalue weighted by Gasteiger charge is 2.26. The highest BCUT2D eigenvalue weighted by Crippen LogP contribution is 2.37. The second kappa shape index (κ2) is 5.22. The summed E-state index contributed by atoms with van der Waals surface area (Å²) in [6.07, 6.45) is 2.37. The third kappa shape index (κ3) is 2.19. The molecule has 1 aliphatic carbocycles. The standard InChI is InChI=1S/C16H22N2S/c1-4-18(3)12-9-11-7-6-8-14-15(11)13(10-12)16(17-14)19-5-2/h6-8,12,17H,4-5,9-10H2,1-3H3. The predicted molar refractivity (Wildman–Crippen MR) is 84.2 cm³/mol. The van der Waals surface area contributed by atoms with Crippen LogP contribution in [0, 0.1) is 0 Å². The van der Waals surface area contributed by atoms with Gasteiger partial charge in [0.1, 0.15) is 0 Å². The lowest BCUT2D eigenvalue weighted by Gasteiger charge is -2.30. The molecule has 1 atom stereocenters. The van der Waals surface area contributed by atoms with Crippen LogP contribution in [0.4, 0.5) is 0 Å². The first-order valence-corrected chi connectivity index (χ1v) is 8.18. The molecule has 0 amide bonds. The minimum atomic E-state index is 0.648. The van der Waals surface area contributed by atoms with Crippen LogP contribution < -0.4 is 0 Å². The molecule has 2 aromatic rings. The molecule has 1 aromatic carbocycles. The molecule has 0 saturated heterocycles. The van der Waals surface area contributed by atoms with Gasteiger partial charge in [-0.05, 0) is 49.4 Å². The number of rotatable bonds is 4. The molecule has 0 bridgehead atoms. The lowest BCUT2D eigenvalue weighted by atomic mass is 9.88. The van der Waals surface area contributed by atoms with Gasteiger partial charge >= 0.3 is 0 Å². The summed E-state index contributed by atoms with van der Waals surface area (Å²) >= 11 is 1.94. The molecule has 1 N–H and O–H groups in total. The van der Waals surface area contributed by atoms with Gasteiger partial charge in [-0.3, -0.25) is 0 Å². The van der Waals surface area contributed by atoms with Crippen molar-refractivity contribution in [2.45, 2.75) is 37.8 Å². The van der Waals surface area contributed by atoms with Gasteiger partial charge in [-0.15, -0.1) is 11.8 Å². The van der Waals surface area contributed by atoms with E-state index in [0.717, 1.165) is 12.3 Å². The molecule has 0 aliphatic heterocycles. The van der Waals surface area contributed by atoms with Crippen LogP contribution in [0.2, 0.25) is 0 Å². The molecule has 0 fully saturated rings. The Balaban J connectivity index is 2.09. The fourth-order valence-electron chi connectivity index (χ4n) is 3.14. The zero-order valence-electron chi connectivity index (χ0n) is 12.0. The van der Waals surface area contributed by atoms with Gasteiger partial charge in [-0.25, -0.2) is 0 Å². The van der Waals surface area contributed by atoms with Crippen LogP contribution in [-0.2, 0) is 12.8 Å². The van der Waals surface area contributed by atoms with Gasteiger partial charge in [-0.2, -0.15) is 0 Å². The number of H-pyrrole nitrogens is 1. The lowest BCUT2D eigenvalue weighted by Crippen LogP contribution is -2.36. The van der Waals surface area contributed by atoms with E-state index in [9.17, 15) is 0 Å². The Kier molecular flexibility index (Phi) is 3.59. The number of aromatic nitrogens is 1. The largest absolute Gasteiger partial charge is 0.349 e. The van der Waals surface area contributed by atoms with Gasteiger partial charge in [0.2, 0.25) is 0 Å². The van der Waals surface area contributed by atoms with Crippen LogP contribution in [0.1, 0.15) is 25.0 Å². The van der Waals surface area contributed by atoms with Crippen LogP contribution in [0.3, 0.4) is 0 Å². The Labute approximate surface area is 119 Å². The van der Waals surface area contributed by atoms with Crippen molar-refractivity contribution in [1.82, 2.24) is 9.88 Å². The predicted octanol–water partition coefficient (Wildman–Crippen LogP) is 3.70. The van der Waals surface area contributed by atoms with Gasteiger partial charge in [0.05, 0.1) is 5.03 Å². The van der Waals surface area contributed by atoms with E-state index < -0.39 is 0 Å². The molecule has 0 saturated carbocycles. The minimum Gasteiger partial charge on any atom is -0.349 e. The van der Waals surface area contributed by atoms with Crippen molar-refractivity contribution in [2.24, 2.45) is 0 Å². The number of hydrogen-bond donors (Lipinski definition) is 1. The van der Waals surface area contributed by atoms with Crippen LogP contribution in [0.5, 0.6) is 0 Å². The maximum Gasteiger partial charge on any atom is 0.0765 e. The number of likely N-dealkylation sites (N-methyl/N-ethyl adjacent to an activating group) is 1. The number of thioether (sulfide) groups is 1. The second-order valence-electron chi connectivity index (χ2n) is 5.34. The third-order valence-electron chi connectivity index (χ3n) is 4.28. The van der Waals surface area contributed by atoms with Crippen LogP contribution >= 0.6 is 11.8 Å². The van der Waals surface area contributed by atoms with Crippen LogP contribution in [0.15, 0.2) is 23.2 Å². The van der Waals surface area contributed by atoms with Crippen LogP contribution in [0.25, 0.3) is 10.9 Å². The van der Waals surface area contributed by atoms with Gasteiger partial charge in [-0.1, -0.05) is 26.0 Å². The molecule has 3 heteroatoms. The summed E-state index contributed by atoms with van der Waals surface area (Å²) in [6.45, 7) is 5.59. The first-order chi connectivity index (χ1) is 9.24. The lowest BCUT2D eigenvalue weighted by molar-refractivity contribution is 0.248. The zero-order valence-corrected chi connectivity index (χ0v) is 12.8. The molecule has 1 aliphatic rings. The molecule has 0 radical (unpaired) electrons. The molecule has 102 valence electrons. The van der Waals surface area contributed by atoms with Gasteiger partial charge in [0, 0.05) is 16.9 Å². The van der Waals surface area contributed by atoms with Gasteiger partial charge < -0.3 is 9.88 Å². The number of hydrogen-bond acceptors (Lipinski definition) is 2. The summed E-state index contributed by atoms with van der Waals surface area (Å²) in [5, 5.41) is 2.89. The normalized spacial score (nSPS) is 18.4. The maximum atomic E-state index is 3.62. The molecule has 0 spiro atoms. The van der Waals surface area contributed by atoms with E-state index in [-0.39, 0.29) is 0 Å². The Hall–Kier alpha value is -0.930. The van der Waals surface area contributed by atoms with E-state index in [2.05, 4.69) is 49.0 Å². The smallest absolute Gasteiger partial charge is 0.0765 e. The molecular formula is C16H22N2S. The third-order valence-corrected chi connectivity index (χ3v) is 5.21. The van der Waals surface area contributed by atoms with E-state index in [1.54, 1.807) is 5.56 Å². The quantitative estimate of drug-likeness (QED) is 0.857. The van der Waals surface area contributed by atoms with Crippen LogP contribution in [-0.4, -0.2) is 35.3 Å². The van der Waals surface area contributed by atoms with Crippen molar-refractivity contribution in [1.29, 1.82) is 0 Å². The van der Waals surface area contributed by atoms with Gasteiger partial charge in [0.25, 0.3) is 0 Å². The molecule has 1 heterocycles. The Morgan fingerprint density at radius 2 is 2.16 bits per heavy atom. The van der Waals surface area contributed by atoms with E-state index in [1.807, 2.05) is 11.8 Å². The molecule has 19 heavy (non-hydrogen) atoms. The van der Waals surface area contributed by atoms with Crippen molar-refractivity contribution in [3.8, 4) is 0 Å². The Morgan fingerprint density at radius 1 is 1.32 bits per heavy atom. The molecular weight excluding hydrogens is 252 g/mol. The monoisotopic (exact) mass is 274 g/mol. The average molecular weight is 274 g/mol. The summed E-state index contributed by atoms with van der Waals surface area (Å²) in [5.74, 6) is 1.13. The fourth-order valence-corrected chi connectivity index (χ4v) is 3.97. The molecule has 1 aromatic heterocycles. The van der Waals surface area contributed by atoms with Gasteiger partial charge in [0.15, 0.2) is 0 Å². The Morgan fingerprint density at radius 3 is 2.89 bits per heavy atom. The highest BCUT2D eigenvalue weighted by atomic mass is 32.2. The topological polar surface area (TPSA) is 19.0 Å². The molecule has 1 unspecified atom stereocenters. The summed E-state index contributed by atoms with van der Waals surface area (Å²) in [6, 6.07) is 7.35. The molecule has 3 rings (SSSR count). The highest BCUT2D eigenvalue weighted by molar-refractivity contribution is 7.99. The first-order valence-electron chi connectivity index (χ1n) is 7.20. The number of nitrogens with zero attached hydrogens (tertiary/aromatic N) is 1.